The van der Waals surface area contributed by atoms with Crippen molar-refractivity contribution in [3.8, 4) is 0 Å². The molecule has 3 rings (SSSR count). The van der Waals surface area contributed by atoms with Crippen LogP contribution in [0.25, 0.3) is 0 Å². The number of rotatable bonds is 4. The Balaban J connectivity index is 1.71. The van der Waals surface area contributed by atoms with Crippen molar-refractivity contribution in [3.63, 3.8) is 0 Å². The third kappa shape index (κ3) is 4.41. The van der Waals surface area contributed by atoms with Gasteiger partial charge in [-0.25, -0.2) is 4.39 Å². The molecule has 1 heterocycles. The molecule has 132 valence electrons. The summed E-state index contributed by atoms with van der Waals surface area (Å²) < 4.78 is 13.8. The van der Waals surface area contributed by atoms with Gasteiger partial charge in [-0.1, -0.05) is 37.3 Å². The molecule has 1 aliphatic rings. The molecule has 1 unspecified atom stereocenters. The topological polar surface area (TPSA) is 23.6 Å². The van der Waals surface area contributed by atoms with Crippen LogP contribution in [0, 0.1) is 5.82 Å². The molecule has 0 saturated heterocycles. The molecule has 1 aliphatic heterocycles. The summed E-state index contributed by atoms with van der Waals surface area (Å²) >= 11 is 1.82. The number of carbonyl (C=O) groups excluding carboxylic acids is 1. The van der Waals surface area contributed by atoms with Gasteiger partial charge >= 0.3 is 0 Å². The number of hydrogen-bond donors (Lipinski definition) is 0. The SMILES string of the molecule is CC1CCN(C(=O)CN(C)Cc2ccccc2F)c2ccccc2S1. The van der Waals surface area contributed by atoms with Gasteiger partial charge in [-0.05, 0) is 31.7 Å². The average molecular weight is 358 g/mol. The van der Waals surface area contributed by atoms with Gasteiger partial charge in [0.2, 0.25) is 5.91 Å². The largest absolute Gasteiger partial charge is 0.310 e. The molecule has 2 aromatic rings. The number of thioether (sulfide) groups is 1. The minimum atomic E-state index is -0.229. The molecule has 0 radical (unpaired) electrons. The number of nitrogens with zero attached hydrogens (tertiary/aromatic N) is 2. The molecule has 0 saturated carbocycles. The molecule has 3 nitrogen and oxygen atoms in total. The number of para-hydroxylation sites is 1. The number of benzene rings is 2. The summed E-state index contributed by atoms with van der Waals surface area (Å²) in [6, 6.07) is 14.8. The average Bonchev–Trinajstić information content (AvgIpc) is 2.75. The first kappa shape index (κ1) is 18.0. The zero-order valence-corrected chi connectivity index (χ0v) is 15.4. The van der Waals surface area contributed by atoms with Crippen LogP contribution in [0.2, 0.25) is 0 Å². The van der Waals surface area contributed by atoms with Gasteiger partial charge in [-0.15, -0.1) is 11.8 Å². The van der Waals surface area contributed by atoms with Crippen molar-refractivity contribution in [2.75, 3.05) is 25.0 Å². The van der Waals surface area contributed by atoms with E-state index in [2.05, 4.69) is 13.0 Å². The van der Waals surface area contributed by atoms with Crippen LogP contribution < -0.4 is 4.90 Å². The second kappa shape index (κ2) is 8.02. The minimum absolute atomic E-state index is 0.0565. The highest BCUT2D eigenvalue weighted by molar-refractivity contribution is 8.00. The Morgan fingerprint density at radius 2 is 1.96 bits per heavy atom. The lowest BCUT2D eigenvalue weighted by atomic mass is 10.2. The summed E-state index contributed by atoms with van der Waals surface area (Å²) in [6.07, 6.45) is 0.960. The predicted molar refractivity (Wildman–Crippen MR) is 101 cm³/mol. The summed E-state index contributed by atoms with van der Waals surface area (Å²) in [6.45, 7) is 3.60. The molecule has 0 N–H and O–H groups in total. The number of anilines is 1. The Labute approximate surface area is 152 Å². The fourth-order valence-corrected chi connectivity index (χ4v) is 4.15. The molecule has 0 spiro atoms. The fourth-order valence-electron chi connectivity index (χ4n) is 3.04. The Kier molecular flexibility index (Phi) is 5.76. The number of carbonyl (C=O) groups is 1. The van der Waals surface area contributed by atoms with Crippen LogP contribution in [0.5, 0.6) is 0 Å². The zero-order chi connectivity index (χ0) is 17.8. The van der Waals surface area contributed by atoms with E-state index in [1.54, 1.807) is 12.1 Å². The van der Waals surface area contributed by atoms with Crippen LogP contribution in [0.3, 0.4) is 0 Å². The van der Waals surface area contributed by atoms with Gasteiger partial charge in [0.25, 0.3) is 0 Å². The van der Waals surface area contributed by atoms with E-state index in [1.807, 2.05) is 52.9 Å². The molecule has 1 atom stereocenters. The number of fused-ring (bicyclic) bond motifs is 1. The Hall–Kier alpha value is -1.85. The summed E-state index contributed by atoms with van der Waals surface area (Å²) in [5.41, 5.74) is 1.60. The monoisotopic (exact) mass is 358 g/mol. The van der Waals surface area contributed by atoms with Gasteiger partial charge in [-0.2, -0.15) is 0 Å². The molecular weight excluding hydrogens is 335 g/mol. The van der Waals surface area contributed by atoms with E-state index in [-0.39, 0.29) is 18.3 Å². The molecule has 0 fully saturated rings. The Morgan fingerprint density at radius 1 is 1.24 bits per heavy atom. The van der Waals surface area contributed by atoms with Crippen molar-refractivity contribution in [1.29, 1.82) is 0 Å². The van der Waals surface area contributed by atoms with Crippen molar-refractivity contribution in [2.24, 2.45) is 0 Å². The molecule has 2 aromatic carbocycles. The van der Waals surface area contributed by atoms with Crippen LogP contribution >= 0.6 is 11.8 Å². The van der Waals surface area contributed by atoms with E-state index < -0.39 is 0 Å². The van der Waals surface area contributed by atoms with Crippen molar-refractivity contribution < 1.29 is 9.18 Å². The van der Waals surface area contributed by atoms with Gasteiger partial charge in [0, 0.05) is 28.8 Å². The maximum absolute atomic E-state index is 13.8. The lowest BCUT2D eigenvalue weighted by Gasteiger charge is -2.25. The first-order valence-electron chi connectivity index (χ1n) is 8.52. The van der Waals surface area contributed by atoms with E-state index in [0.717, 1.165) is 23.5 Å². The molecule has 0 aliphatic carbocycles. The van der Waals surface area contributed by atoms with Crippen LogP contribution in [0.15, 0.2) is 53.4 Å². The van der Waals surface area contributed by atoms with Crippen molar-refractivity contribution in [2.45, 2.75) is 30.0 Å². The Bertz CT molecular complexity index is 752. The van der Waals surface area contributed by atoms with Crippen LogP contribution in [-0.2, 0) is 11.3 Å². The van der Waals surface area contributed by atoms with Crippen molar-refractivity contribution in [1.82, 2.24) is 4.90 Å². The maximum Gasteiger partial charge on any atom is 0.241 e. The van der Waals surface area contributed by atoms with Crippen LogP contribution in [0.4, 0.5) is 10.1 Å². The predicted octanol–water partition coefficient (Wildman–Crippen LogP) is 4.18. The highest BCUT2D eigenvalue weighted by Gasteiger charge is 2.24. The molecule has 25 heavy (non-hydrogen) atoms. The van der Waals surface area contributed by atoms with E-state index in [0.29, 0.717) is 17.4 Å². The number of amides is 1. The Morgan fingerprint density at radius 3 is 2.76 bits per heavy atom. The van der Waals surface area contributed by atoms with Gasteiger partial charge in [0.15, 0.2) is 0 Å². The van der Waals surface area contributed by atoms with E-state index in [1.165, 1.54) is 6.07 Å². The third-order valence-electron chi connectivity index (χ3n) is 4.35. The van der Waals surface area contributed by atoms with Crippen LogP contribution in [-0.4, -0.2) is 36.2 Å². The number of likely N-dealkylation sites (N-methyl/N-ethyl adjacent to an activating group) is 1. The van der Waals surface area contributed by atoms with Gasteiger partial charge < -0.3 is 4.90 Å². The second-order valence-corrected chi connectivity index (χ2v) is 7.97. The summed E-state index contributed by atoms with van der Waals surface area (Å²) in [7, 11) is 1.85. The molecule has 0 aromatic heterocycles. The van der Waals surface area contributed by atoms with E-state index in [9.17, 15) is 9.18 Å². The summed E-state index contributed by atoms with van der Waals surface area (Å²) in [5.74, 6) is -0.173. The number of halogens is 1. The maximum atomic E-state index is 13.8. The summed E-state index contributed by atoms with van der Waals surface area (Å²) in [5, 5.41) is 0.482. The lowest BCUT2D eigenvalue weighted by molar-refractivity contribution is -0.119. The fraction of sp³-hybridized carbons (Fsp3) is 0.350. The second-order valence-electron chi connectivity index (χ2n) is 6.49. The quantitative estimate of drug-likeness (QED) is 0.819. The molecule has 1 amide bonds. The summed E-state index contributed by atoms with van der Waals surface area (Å²) in [4.78, 5) is 17.8. The first-order chi connectivity index (χ1) is 12.0. The van der Waals surface area contributed by atoms with Crippen LogP contribution in [0.1, 0.15) is 18.9 Å². The standard InChI is InChI=1S/C20H23FN2OS/c1-15-11-12-23(18-9-5-6-10-19(18)25-15)20(24)14-22(2)13-16-7-3-4-8-17(16)21/h3-10,15H,11-14H2,1-2H3. The highest BCUT2D eigenvalue weighted by Crippen LogP contribution is 2.37. The highest BCUT2D eigenvalue weighted by atomic mass is 32.2. The van der Waals surface area contributed by atoms with Crippen molar-refractivity contribution in [3.05, 3.63) is 59.9 Å². The van der Waals surface area contributed by atoms with E-state index >= 15 is 0 Å². The minimum Gasteiger partial charge on any atom is -0.310 e. The molecule has 5 heteroatoms. The van der Waals surface area contributed by atoms with E-state index in [4.69, 9.17) is 0 Å². The molecular formula is C20H23FN2OS. The van der Waals surface area contributed by atoms with Gasteiger partial charge in [0.05, 0.1) is 12.2 Å². The smallest absolute Gasteiger partial charge is 0.241 e. The lowest BCUT2D eigenvalue weighted by Crippen LogP contribution is -2.39. The number of hydrogen-bond acceptors (Lipinski definition) is 3. The van der Waals surface area contributed by atoms with Gasteiger partial charge in [0.1, 0.15) is 5.82 Å². The third-order valence-corrected chi connectivity index (χ3v) is 5.58. The molecule has 0 bridgehead atoms. The van der Waals surface area contributed by atoms with Crippen molar-refractivity contribution >= 4 is 23.4 Å². The first-order valence-corrected chi connectivity index (χ1v) is 9.40. The zero-order valence-electron chi connectivity index (χ0n) is 14.6. The van der Waals surface area contributed by atoms with Gasteiger partial charge in [-0.3, -0.25) is 9.69 Å². The normalized spacial score (nSPS) is 17.3.